The zero-order chi connectivity index (χ0) is 26.4. The zero-order valence-electron chi connectivity index (χ0n) is 16.7. The SMILES string of the molecule is Fc1c(F)c(F)c([C]2[CH][CH][C](c3c(F)c(F)c(F)c(F)c3F)[CH]2)c(F)c1F.[CH]1[CH][CH][CH][CH]1.[Cl][Zr+2][Cl]. The van der Waals surface area contributed by atoms with Crippen molar-refractivity contribution in [3.63, 3.8) is 0 Å². The molecule has 13 heteroatoms. The molecule has 0 heterocycles. The van der Waals surface area contributed by atoms with E-state index in [2.05, 4.69) is 0 Å². The molecule has 182 valence electrons. The maximum atomic E-state index is 13.8. The normalized spacial score (nSPS) is 15.9. The molecule has 0 bridgehead atoms. The van der Waals surface area contributed by atoms with Crippen molar-refractivity contribution in [1.82, 2.24) is 0 Å². The summed E-state index contributed by atoms with van der Waals surface area (Å²) in [6, 6.07) is 0. The molecule has 0 N–H and O–H groups in total. The molecule has 0 nitrogen and oxygen atoms in total. The second-order valence-electron chi connectivity index (χ2n) is 6.31. The molecule has 0 spiro atoms. The van der Waals surface area contributed by atoms with Crippen molar-refractivity contribution in [3.8, 4) is 0 Å². The Labute approximate surface area is 213 Å². The predicted molar refractivity (Wildman–Crippen MR) is 103 cm³/mol. The van der Waals surface area contributed by atoms with Crippen molar-refractivity contribution in [3.05, 3.63) is 133 Å². The number of benzene rings is 2. The average molecular weight is 624 g/mol. The van der Waals surface area contributed by atoms with Crippen LogP contribution in [0.1, 0.15) is 11.1 Å². The van der Waals surface area contributed by atoms with Crippen molar-refractivity contribution < 1.29 is 64.8 Å². The first-order chi connectivity index (χ1) is 16.5. The fraction of sp³-hybridized carbons (Fsp3) is 0. The Bertz CT molecular complexity index is 905. The Morgan fingerprint density at radius 1 is 0.400 bits per heavy atom. The molecule has 2 fully saturated rings. The van der Waals surface area contributed by atoms with Gasteiger partial charge in [0.25, 0.3) is 0 Å². The molecular formula is C22H8Cl2F10Zr+2. The minimum absolute atomic E-state index is 0.524. The Kier molecular flexibility index (Phi) is 11.9. The van der Waals surface area contributed by atoms with Crippen LogP contribution in [0, 0.1) is 121 Å². The van der Waals surface area contributed by atoms with Gasteiger partial charge in [0, 0.05) is 23.0 Å². The molecule has 0 aliphatic heterocycles. The number of hydrogen-bond donors (Lipinski definition) is 0. The molecule has 35 heavy (non-hydrogen) atoms. The van der Waals surface area contributed by atoms with Crippen LogP contribution in [-0.2, 0) is 20.8 Å². The third-order valence-corrected chi connectivity index (χ3v) is 4.31. The molecule has 2 saturated carbocycles. The molecular weight excluding hydrogens is 616 g/mol. The van der Waals surface area contributed by atoms with E-state index >= 15 is 0 Å². The van der Waals surface area contributed by atoms with E-state index in [0.717, 1.165) is 0 Å². The Hall–Kier alpha value is -0.797. The molecule has 4 rings (SSSR count). The van der Waals surface area contributed by atoms with Gasteiger partial charge in [0.05, 0.1) is 0 Å². The van der Waals surface area contributed by atoms with E-state index in [1.54, 1.807) is 0 Å². The van der Waals surface area contributed by atoms with Crippen molar-refractivity contribution >= 4 is 17.0 Å². The van der Waals surface area contributed by atoms with E-state index < -0.39 is 102 Å². The van der Waals surface area contributed by atoms with E-state index in [1.165, 1.54) is 0 Å². The van der Waals surface area contributed by atoms with Gasteiger partial charge in [-0.3, -0.25) is 0 Å². The van der Waals surface area contributed by atoms with Gasteiger partial charge >= 0.3 is 37.9 Å². The summed E-state index contributed by atoms with van der Waals surface area (Å²) in [6.07, 6.45) is 11.9. The van der Waals surface area contributed by atoms with Crippen LogP contribution in [-0.4, -0.2) is 0 Å². The van der Waals surface area contributed by atoms with Crippen LogP contribution < -0.4 is 0 Å². The van der Waals surface area contributed by atoms with Gasteiger partial charge in [-0.2, -0.15) is 0 Å². The Morgan fingerprint density at radius 3 is 0.829 bits per heavy atom. The zero-order valence-corrected chi connectivity index (χ0v) is 20.6. The molecule has 2 aliphatic rings. The summed E-state index contributed by atoms with van der Waals surface area (Å²) < 4.78 is 134. The van der Waals surface area contributed by atoms with Crippen molar-refractivity contribution in [2.45, 2.75) is 0 Å². The molecule has 10 radical (unpaired) electrons. The molecule has 2 aromatic rings. The van der Waals surface area contributed by atoms with Gasteiger partial charge in [-0.15, -0.1) is 0 Å². The van der Waals surface area contributed by atoms with E-state index in [-0.39, 0.29) is 0 Å². The number of rotatable bonds is 2. The van der Waals surface area contributed by atoms with Gasteiger partial charge in [0.2, 0.25) is 11.6 Å². The monoisotopic (exact) mass is 622 g/mol. The first kappa shape index (κ1) is 30.4. The maximum absolute atomic E-state index is 13.8. The fourth-order valence-corrected chi connectivity index (χ4v) is 2.79. The number of hydrogen-bond acceptors (Lipinski definition) is 0. The number of halogens is 12. The van der Waals surface area contributed by atoms with Gasteiger partial charge in [0.15, 0.2) is 46.5 Å². The van der Waals surface area contributed by atoms with Crippen LogP contribution in [0.3, 0.4) is 0 Å². The van der Waals surface area contributed by atoms with E-state index in [1.807, 2.05) is 32.1 Å². The summed E-state index contributed by atoms with van der Waals surface area (Å²) in [4.78, 5) is 0. The van der Waals surface area contributed by atoms with Crippen molar-refractivity contribution in [2.24, 2.45) is 0 Å². The van der Waals surface area contributed by atoms with Crippen LogP contribution >= 0.6 is 17.0 Å². The van der Waals surface area contributed by atoms with Gasteiger partial charge in [-0.1, -0.05) is 0 Å². The summed E-state index contributed by atoms with van der Waals surface area (Å²) in [7, 11) is 9.87. The summed E-state index contributed by atoms with van der Waals surface area (Å²) >= 11 is -0.826. The Balaban J connectivity index is 0.000000462. The summed E-state index contributed by atoms with van der Waals surface area (Å²) in [5.41, 5.74) is -2.83. The van der Waals surface area contributed by atoms with Crippen LogP contribution in [0.4, 0.5) is 43.9 Å². The van der Waals surface area contributed by atoms with Crippen LogP contribution in [0.2, 0.25) is 0 Å². The molecule has 0 aromatic heterocycles. The predicted octanol–water partition coefficient (Wildman–Crippen LogP) is 7.65. The van der Waals surface area contributed by atoms with Gasteiger partial charge in [0.1, 0.15) is 0 Å². The topological polar surface area (TPSA) is 0 Å². The fourth-order valence-electron chi connectivity index (χ4n) is 2.79. The first-order valence-corrected chi connectivity index (χ1v) is 15.3. The van der Waals surface area contributed by atoms with E-state index in [9.17, 15) is 43.9 Å². The molecule has 2 aromatic carbocycles. The molecule has 2 aliphatic carbocycles. The van der Waals surface area contributed by atoms with Crippen molar-refractivity contribution in [1.29, 1.82) is 0 Å². The molecule has 0 unspecified atom stereocenters. The van der Waals surface area contributed by atoms with Crippen LogP contribution in [0.15, 0.2) is 0 Å². The van der Waals surface area contributed by atoms with E-state index in [0.29, 0.717) is 19.3 Å². The van der Waals surface area contributed by atoms with Crippen LogP contribution in [0.25, 0.3) is 0 Å². The first-order valence-electron chi connectivity index (χ1n) is 8.92. The average Bonchev–Trinajstić information content (AvgIpc) is 3.56. The standard InChI is InChI=1S/C17H3F10.C5H5.2ClH.Zr/c18-8-6(9(19)13(23)16(26)12(8)22)4-1-2-5(3-4)7-10(20)14(24)17(27)15(25)11(7)21;1-2-4-5-3-1;;;/h1-3H;1-5H;2*1H;/q;;;;+4/p-2. The van der Waals surface area contributed by atoms with E-state index in [4.69, 9.17) is 17.0 Å². The second-order valence-corrected chi connectivity index (χ2v) is 10.0. The third kappa shape index (κ3) is 6.75. The minimum atomic E-state index is -2.42. The second kappa shape index (κ2) is 13.7. The van der Waals surface area contributed by atoms with Gasteiger partial charge < -0.3 is 0 Å². The molecule has 0 amide bonds. The third-order valence-electron chi connectivity index (χ3n) is 4.31. The van der Waals surface area contributed by atoms with Crippen LogP contribution in [0.5, 0.6) is 0 Å². The van der Waals surface area contributed by atoms with Crippen molar-refractivity contribution in [2.75, 3.05) is 0 Å². The molecule has 0 saturated heterocycles. The summed E-state index contributed by atoms with van der Waals surface area (Å²) in [5.74, 6) is -24.2. The summed E-state index contributed by atoms with van der Waals surface area (Å²) in [6.45, 7) is 0. The van der Waals surface area contributed by atoms with Gasteiger partial charge in [-0.25, -0.2) is 43.9 Å². The Morgan fingerprint density at radius 2 is 0.600 bits per heavy atom. The van der Waals surface area contributed by atoms with Gasteiger partial charge in [-0.05, 0) is 51.4 Å². The molecule has 0 atom stereocenters. The quantitative estimate of drug-likeness (QED) is 0.183. The summed E-state index contributed by atoms with van der Waals surface area (Å²) in [5, 5.41) is 0.